The molecule has 0 radical (unpaired) electrons. The van der Waals surface area contributed by atoms with Crippen molar-refractivity contribution >= 4 is 39.6 Å². The molecule has 0 unspecified atom stereocenters. The van der Waals surface area contributed by atoms with Crippen LogP contribution in [0.15, 0.2) is 46.0 Å². The Morgan fingerprint density at radius 3 is 2.48 bits per heavy atom. The first-order valence-corrected chi connectivity index (χ1v) is 10.5. The lowest BCUT2D eigenvalue weighted by Crippen LogP contribution is -2.24. The summed E-state index contributed by atoms with van der Waals surface area (Å²) in [6.45, 7) is 2.68. The van der Waals surface area contributed by atoms with Gasteiger partial charge in [-0.05, 0) is 64.3 Å². The van der Waals surface area contributed by atoms with Crippen LogP contribution in [0.1, 0.15) is 31.7 Å². The van der Waals surface area contributed by atoms with E-state index in [0.717, 1.165) is 17.3 Å². The normalized spacial score (nSPS) is 10.6. The van der Waals surface area contributed by atoms with E-state index < -0.39 is 11.8 Å². The fourth-order valence-corrected chi connectivity index (χ4v) is 3.09. The number of hydrogen-bond acceptors (Lipinski definition) is 6. The molecule has 0 heterocycles. The van der Waals surface area contributed by atoms with Crippen LogP contribution in [0.3, 0.4) is 0 Å². The third-order valence-electron chi connectivity index (χ3n) is 4.09. The first-order chi connectivity index (χ1) is 15.0. The van der Waals surface area contributed by atoms with E-state index in [9.17, 15) is 9.59 Å². The Hall–Kier alpha value is -3.07. The molecule has 0 bridgehead atoms. The molecule has 2 amide bonds. The summed E-state index contributed by atoms with van der Waals surface area (Å²) in [5.41, 5.74) is 3.60. The lowest BCUT2D eigenvalue weighted by Gasteiger charge is -2.13. The Morgan fingerprint density at radius 1 is 1.10 bits per heavy atom. The predicted octanol–water partition coefficient (Wildman–Crippen LogP) is 4.12. The maximum atomic E-state index is 12.0. The lowest BCUT2D eigenvalue weighted by molar-refractivity contribution is -0.126. The molecule has 0 aliphatic rings. The third-order valence-corrected chi connectivity index (χ3v) is 4.68. The van der Waals surface area contributed by atoms with Crippen molar-refractivity contribution in [2.45, 2.75) is 26.2 Å². The van der Waals surface area contributed by atoms with Crippen LogP contribution < -0.4 is 25.0 Å². The largest absolute Gasteiger partial charge is 0.497 e. The van der Waals surface area contributed by atoms with E-state index in [2.05, 4.69) is 38.7 Å². The van der Waals surface area contributed by atoms with E-state index in [0.29, 0.717) is 35.1 Å². The van der Waals surface area contributed by atoms with Gasteiger partial charge in [-0.3, -0.25) is 9.59 Å². The van der Waals surface area contributed by atoms with Crippen molar-refractivity contribution in [3.8, 4) is 17.2 Å². The average molecular weight is 492 g/mol. The van der Waals surface area contributed by atoms with E-state index >= 15 is 0 Å². The van der Waals surface area contributed by atoms with E-state index in [1.54, 1.807) is 50.6 Å². The Bertz CT molecular complexity index is 916. The predicted molar refractivity (Wildman–Crippen MR) is 123 cm³/mol. The van der Waals surface area contributed by atoms with Crippen LogP contribution in [0.2, 0.25) is 0 Å². The Labute approximate surface area is 190 Å². The van der Waals surface area contributed by atoms with Crippen molar-refractivity contribution in [3.63, 3.8) is 0 Å². The second kappa shape index (κ2) is 12.6. The summed E-state index contributed by atoms with van der Waals surface area (Å²) in [5.74, 6) is 0.863. The summed E-state index contributed by atoms with van der Waals surface area (Å²) >= 11 is 3.47. The number of ether oxygens (including phenoxy) is 3. The van der Waals surface area contributed by atoms with Gasteiger partial charge in [0.15, 0.2) is 11.5 Å². The molecule has 2 N–H and O–H groups in total. The van der Waals surface area contributed by atoms with E-state index in [-0.39, 0.29) is 6.42 Å². The van der Waals surface area contributed by atoms with Crippen LogP contribution in [-0.2, 0) is 9.59 Å². The molecule has 0 atom stereocenters. The van der Waals surface area contributed by atoms with Crippen molar-refractivity contribution in [1.29, 1.82) is 0 Å². The number of unbranched alkanes of at least 4 members (excludes halogenated alkanes) is 1. The molecule has 0 aliphatic heterocycles. The monoisotopic (exact) mass is 491 g/mol. The van der Waals surface area contributed by atoms with Crippen molar-refractivity contribution < 1.29 is 23.8 Å². The van der Waals surface area contributed by atoms with Gasteiger partial charge in [-0.25, -0.2) is 5.43 Å². The number of methoxy groups -OCH3 is 2. The molecule has 0 aromatic heterocycles. The molecule has 0 spiro atoms. The van der Waals surface area contributed by atoms with Crippen LogP contribution >= 0.6 is 15.9 Å². The number of nitrogens with one attached hydrogen (secondary N) is 2. The molecule has 2 aromatic rings. The molecule has 2 rings (SSSR count). The molecule has 166 valence electrons. The molecule has 0 fully saturated rings. The summed E-state index contributed by atoms with van der Waals surface area (Å²) in [6.07, 6.45) is 3.07. The minimum Gasteiger partial charge on any atom is -0.497 e. The summed E-state index contributed by atoms with van der Waals surface area (Å²) < 4.78 is 16.9. The maximum Gasteiger partial charge on any atom is 0.249 e. The van der Waals surface area contributed by atoms with E-state index in [1.165, 1.54) is 6.21 Å². The Kier molecular flexibility index (Phi) is 9.83. The lowest BCUT2D eigenvalue weighted by atomic mass is 10.2. The second-order valence-electron chi connectivity index (χ2n) is 6.48. The van der Waals surface area contributed by atoms with Gasteiger partial charge >= 0.3 is 0 Å². The van der Waals surface area contributed by atoms with Crippen LogP contribution in [0.4, 0.5) is 5.69 Å². The Balaban J connectivity index is 1.89. The molecule has 0 saturated carbocycles. The van der Waals surface area contributed by atoms with Gasteiger partial charge in [0.1, 0.15) is 12.2 Å². The number of anilines is 1. The SMILES string of the molecule is CCCCOc1c(Br)cc(C=NNC(=O)CC(=O)Nc2ccc(OC)cc2)cc1OC. The first kappa shape index (κ1) is 24.2. The summed E-state index contributed by atoms with van der Waals surface area (Å²) in [5, 5.41) is 6.55. The average Bonchev–Trinajstić information content (AvgIpc) is 2.75. The number of carbonyl (C=O) groups excluding carboxylic acids is 2. The van der Waals surface area contributed by atoms with Gasteiger partial charge in [0.25, 0.3) is 0 Å². The number of rotatable bonds is 11. The van der Waals surface area contributed by atoms with Crippen molar-refractivity contribution in [2.24, 2.45) is 5.10 Å². The number of halogens is 1. The third kappa shape index (κ3) is 7.93. The summed E-state index contributed by atoms with van der Waals surface area (Å²) in [4.78, 5) is 24.0. The van der Waals surface area contributed by atoms with Crippen LogP contribution in [0, 0.1) is 0 Å². The first-order valence-electron chi connectivity index (χ1n) is 9.73. The minimum absolute atomic E-state index is 0.361. The van der Waals surface area contributed by atoms with Gasteiger partial charge in [0.05, 0.1) is 31.5 Å². The van der Waals surface area contributed by atoms with Gasteiger partial charge in [0.2, 0.25) is 11.8 Å². The van der Waals surface area contributed by atoms with Crippen LogP contribution in [0.5, 0.6) is 17.2 Å². The van der Waals surface area contributed by atoms with Gasteiger partial charge < -0.3 is 19.5 Å². The zero-order valence-corrected chi connectivity index (χ0v) is 19.3. The zero-order valence-electron chi connectivity index (χ0n) is 17.7. The standard InChI is InChI=1S/C22H26BrN3O5/c1-4-5-10-31-22-18(23)11-15(12-19(22)30-3)14-24-26-21(28)13-20(27)25-16-6-8-17(29-2)9-7-16/h6-9,11-12,14H,4-5,10,13H2,1-3H3,(H,25,27)(H,26,28). The van der Waals surface area contributed by atoms with E-state index in [1.807, 2.05) is 0 Å². The van der Waals surface area contributed by atoms with Gasteiger partial charge in [-0.1, -0.05) is 13.3 Å². The van der Waals surface area contributed by atoms with E-state index in [4.69, 9.17) is 14.2 Å². The highest BCUT2D eigenvalue weighted by Gasteiger charge is 2.12. The summed E-state index contributed by atoms with van der Waals surface area (Å²) in [7, 11) is 3.11. The summed E-state index contributed by atoms with van der Waals surface area (Å²) in [6, 6.07) is 10.4. The number of benzene rings is 2. The molecule has 9 heteroatoms. The highest BCUT2D eigenvalue weighted by atomic mass is 79.9. The molecule has 0 saturated heterocycles. The fourth-order valence-electron chi connectivity index (χ4n) is 2.52. The fraction of sp³-hybridized carbons (Fsp3) is 0.318. The molecule has 0 aliphatic carbocycles. The van der Waals surface area contributed by atoms with Crippen LogP contribution in [-0.4, -0.2) is 38.9 Å². The van der Waals surface area contributed by atoms with Crippen molar-refractivity contribution in [1.82, 2.24) is 5.43 Å². The quantitative estimate of drug-likeness (QED) is 0.213. The highest BCUT2D eigenvalue weighted by Crippen LogP contribution is 2.36. The molecule has 2 aromatic carbocycles. The maximum absolute atomic E-state index is 12.0. The van der Waals surface area contributed by atoms with Crippen molar-refractivity contribution in [3.05, 3.63) is 46.4 Å². The second-order valence-corrected chi connectivity index (χ2v) is 7.34. The number of carbonyl (C=O) groups is 2. The molecule has 8 nitrogen and oxygen atoms in total. The highest BCUT2D eigenvalue weighted by molar-refractivity contribution is 9.10. The zero-order chi connectivity index (χ0) is 22.6. The van der Waals surface area contributed by atoms with Crippen molar-refractivity contribution in [2.75, 3.05) is 26.1 Å². The van der Waals surface area contributed by atoms with Gasteiger partial charge in [0, 0.05) is 5.69 Å². The van der Waals surface area contributed by atoms with Gasteiger partial charge in [-0.15, -0.1) is 0 Å². The topological polar surface area (TPSA) is 98.2 Å². The number of nitrogens with zero attached hydrogens (tertiary/aromatic N) is 1. The number of hydrazone groups is 1. The number of amides is 2. The molecule has 31 heavy (non-hydrogen) atoms. The number of hydrogen-bond donors (Lipinski definition) is 2. The Morgan fingerprint density at radius 2 is 1.84 bits per heavy atom. The van der Waals surface area contributed by atoms with Gasteiger partial charge in [-0.2, -0.15) is 5.10 Å². The minimum atomic E-state index is -0.534. The molecular formula is C22H26BrN3O5. The molecular weight excluding hydrogens is 466 g/mol. The smallest absolute Gasteiger partial charge is 0.249 e. The van der Waals surface area contributed by atoms with Crippen LogP contribution in [0.25, 0.3) is 0 Å².